The average molecular weight is 253 g/mol. The summed E-state index contributed by atoms with van der Waals surface area (Å²) in [5.74, 6) is -3.08. The molecule has 0 aromatic carbocycles. The van der Waals surface area contributed by atoms with Gasteiger partial charge >= 0.3 is 5.97 Å². The lowest BCUT2D eigenvalue weighted by molar-refractivity contribution is -0.697. The fourth-order valence-corrected chi connectivity index (χ4v) is 1.10. The number of pyridine rings is 1. The fourth-order valence-electron chi connectivity index (χ4n) is 1.10. The lowest BCUT2D eigenvalue weighted by atomic mass is 10.4. The first kappa shape index (κ1) is 16.1. The van der Waals surface area contributed by atoms with E-state index in [0.29, 0.717) is 6.42 Å². The highest BCUT2D eigenvalue weighted by Crippen LogP contribution is 1.80. The molecule has 1 rings (SSSR count). The molecule has 1 aromatic rings. The van der Waals surface area contributed by atoms with E-state index < -0.39 is 11.9 Å². The Morgan fingerprint density at radius 2 is 1.72 bits per heavy atom. The highest BCUT2D eigenvalue weighted by atomic mass is 16.6. The molecule has 0 radical (unpaired) electrons. The molecule has 0 amide bonds. The minimum absolute atomic E-state index is 0.132. The third-order valence-electron chi connectivity index (χ3n) is 1.86. The Labute approximate surface area is 107 Å². The number of carbonyl (C=O) groups is 2. The lowest BCUT2D eigenvalue weighted by Gasteiger charge is -2.00. The molecule has 18 heavy (non-hydrogen) atoms. The van der Waals surface area contributed by atoms with Crippen molar-refractivity contribution in [2.24, 2.45) is 0 Å². The number of nitrogens with zero attached hydrogens (tertiary/aromatic N) is 1. The molecular formula is C13H19NO4. The molecule has 0 aliphatic carbocycles. The highest BCUT2D eigenvalue weighted by molar-refractivity contribution is 6.27. The number of aromatic nitrogens is 1. The van der Waals surface area contributed by atoms with Crippen LogP contribution >= 0.6 is 0 Å². The number of ether oxygens (including phenoxy) is 1. The van der Waals surface area contributed by atoms with E-state index in [1.54, 1.807) is 6.92 Å². The fraction of sp³-hybridized carbons (Fsp3) is 0.462. The number of carbonyl (C=O) groups excluding carboxylic acids is 2. The van der Waals surface area contributed by atoms with Gasteiger partial charge in [-0.25, -0.2) is 9.36 Å². The number of aliphatic carboxylic acids is 1. The van der Waals surface area contributed by atoms with Crippen molar-refractivity contribution >= 4 is 11.9 Å². The van der Waals surface area contributed by atoms with Crippen LogP contribution in [0.5, 0.6) is 0 Å². The van der Waals surface area contributed by atoms with Crippen LogP contribution in [0.25, 0.3) is 0 Å². The predicted octanol–water partition coefficient (Wildman–Crippen LogP) is 0.0736. The van der Waals surface area contributed by atoms with E-state index in [2.05, 4.69) is 40.8 Å². The topological polar surface area (TPSA) is 70.3 Å². The number of hydrogen-bond donors (Lipinski definition) is 0. The molecule has 5 nitrogen and oxygen atoms in total. The summed E-state index contributed by atoms with van der Waals surface area (Å²) in [7, 11) is 0. The Morgan fingerprint density at radius 1 is 1.11 bits per heavy atom. The molecule has 1 aromatic heterocycles. The third-order valence-corrected chi connectivity index (χ3v) is 1.86. The first-order valence-corrected chi connectivity index (χ1v) is 5.94. The monoisotopic (exact) mass is 253 g/mol. The summed E-state index contributed by atoms with van der Waals surface area (Å²) in [5.41, 5.74) is 0. The van der Waals surface area contributed by atoms with Crippen molar-refractivity contribution < 1.29 is 24.0 Å². The molecular weight excluding hydrogens is 234 g/mol. The zero-order valence-corrected chi connectivity index (χ0v) is 10.8. The summed E-state index contributed by atoms with van der Waals surface area (Å²) < 4.78 is 6.33. The Balaban J connectivity index is 0.000000321. The van der Waals surface area contributed by atoms with Crippen molar-refractivity contribution in [3.63, 3.8) is 0 Å². The predicted molar refractivity (Wildman–Crippen MR) is 63.2 cm³/mol. The van der Waals surface area contributed by atoms with Gasteiger partial charge < -0.3 is 14.6 Å². The van der Waals surface area contributed by atoms with E-state index in [1.165, 1.54) is 6.42 Å². The van der Waals surface area contributed by atoms with Crippen LogP contribution in [0.3, 0.4) is 0 Å². The maximum atomic E-state index is 10.0. The number of esters is 1. The van der Waals surface area contributed by atoms with Crippen molar-refractivity contribution in [1.29, 1.82) is 0 Å². The van der Waals surface area contributed by atoms with E-state index in [0.717, 1.165) is 6.54 Å². The van der Waals surface area contributed by atoms with Crippen molar-refractivity contribution in [2.45, 2.75) is 33.2 Å². The second-order valence-electron chi connectivity index (χ2n) is 3.54. The van der Waals surface area contributed by atoms with Gasteiger partial charge in [-0.2, -0.15) is 0 Å². The van der Waals surface area contributed by atoms with Crippen LogP contribution in [0.4, 0.5) is 0 Å². The number of carboxylic acid groups (broad SMARTS) is 1. The number of carboxylic acids is 1. The molecule has 1 heterocycles. The second kappa shape index (κ2) is 10.3. The van der Waals surface area contributed by atoms with Crippen LogP contribution in [0, 0.1) is 0 Å². The van der Waals surface area contributed by atoms with Gasteiger partial charge in [-0.3, -0.25) is 0 Å². The Bertz CT molecular complexity index is 351. The molecule has 0 atom stereocenters. The van der Waals surface area contributed by atoms with Crippen LogP contribution in [0.1, 0.15) is 26.7 Å². The second-order valence-corrected chi connectivity index (χ2v) is 3.54. The molecule has 0 fully saturated rings. The largest absolute Gasteiger partial charge is 0.539 e. The van der Waals surface area contributed by atoms with E-state index in [9.17, 15) is 14.7 Å². The Hall–Kier alpha value is -1.91. The summed E-state index contributed by atoms with van der Waals surface area (Å²) >= 11 is 0. The van der Waals surface area contributed by atoms with Crippen LogP contribution in [-0.2, 0) is 20.9 Å². The van der Waals surface area contributed by atoms with Crippen molar-refractivity contribution in [3.05, 3.63) is 30.6 Å². The molecule has 0 saturated carbocycles. The van der Waals surface area contributed by atoms with Crippen LogP contribution in [-0.4, -0.2) is 18.5 Å². The Kier molecular flexibility index (Phi) is 9.17. The molecule has 0 aliphatic heterocycles. The van der Waals surface area contributed by atoms with E-state index >= 15 is 0 Å². The van der Waals surface area contributed by atoms with Crippen LogP contribution in [0.15, 0.2) is 30.6 Å². The average Bonchev–Trinajstić information content (AvgIpc) is 2.38. The van der Waals surface area contributed by atoms with Gasteiger partial charge in [0, 0.05) is 18.6 Å². The van der Waals surface area contributed by atoms with Crippen molar-refractivity contribution in [1.82, 2.24) is 0 Å². The zero-order chi connectivity index (χ0) is 13.8. The maximum absolute atomic E-state index is 10.0. The van der Waals surface area contributed by atoms with Gasteiger partial charge in [-0.05, 0) is 6.42 Å². The van der Waals surface area contributed by atoms with Gasteiger partial charge in [0.05, 0.1) is 6.61 Å². The lowest BCUT2D eigenvalue weighted by Crippen LogP contribution is -2.33. The first-order valence-electron chi connectivity index (χ1n) is 5.94. The van der Waals surface area contributed by atoms with E-state index in [4.69, 9.17) is 0 Å². The summed E-state index contributed by atoms with van der Waals surface area (Å²) in [6.45, 7) is 5.20. The molecule has 5 heteroatoms. The summed E-state index contributed by atoms with van der Waals surface area (Å²) in [4.78, 5) is 19.6. The van der Waals surface area contributed by atoms with Gasteiger partial charge in [0.15, 0.2) is 18.4 Å². The zero-order valence-electron chi connectivity index (χ0n) is 10.8. The minimum atomic E-state index is -1.79. The molecule has 100 valence electrons. The van der Waals surface area contributed by atoms with E-state index in [-0.39, 0.29) is 6.61 Å². The summed E-state index contributed by atoms with van der Waals surface area (Å²) in [6, 6.07) is 6.14. The Morgan fingerprint density at radius 3 is 2.17 bits per heavy atom. The van der Waals surface area contributed by atoms with Crippen LogP contribution < -0.4 is 9.67 Å². The van der Waals surface area contributed by atoms with Gasteiger partial charge in [0.25, 0.3) is 0 Å². The molecule has 0 saturated heterocycles. The quantitative estimate of drug-likeness (QED) is 0.432. The standard InChI is InChI=1S/C8H12N.C5H8O4/c1-2-6-9-7-4-3-5-8-9;1-2-3-9-5(8)4(6)7/h3-5,7-8H,2,6H2,1H3;2-3H2,1H3,(H,6,7)/q+1;/p-1. The summed E-state index contributed by atoms with van der Waals surface area (Å²) in [5, 5.41) is 9.62. The normalized spacial score (nSPS) is 9.00. The van der Waals surface area contributed by atoms with Gasteiger partial charge in [0.1, 0.15) is 6.54 Å². The van der Waals surface area contributed by atoms with Crippen LogP contribution in [0.2, 0.25) is 0 Å². The van der Waals surface area contributed by atoms with Gasteiger partial charge in [-0.15, -0.1) is 0 Å². The molecule has 0 N–H and O–H groups in total. The number of aryl methyl sites for hydroxylation is 1. The SMILES string of the molecule is CCCOC(=O)C(=O)[O-].CCC[n+]1ccccc1. The number of rotatable bonds is 4. The molecule has 0 aliphatic rings. The van der Waals surface area contributed by atoms with Crippen molar-refractivity contribution in [2.75, 3.05) is 6.61 Å². The number of hydrogen-bond acceptors (Lipinski definition) is 4. The third kappa shape index (κ3) is 8.27. The molecule has 0 unspecified atom stereocenters. The smallest absolute Gasteiger partial charge is 0.354 e. The summed E-state index contributed by atoms with van der Waals surface area (Å²) in [6.07, 6.45) is 5.99. The minimum Gasteiger partial charge on any atom is -0.539 e. The molecule has 0 bridgehead atoms. The maximum Gasteiger partial charge on any atom is 0.354 e. The van der Waals surface area contributed by atoms with Gasteiger partial charge in [0.2, 0.25) is 0 Å². The highest BCUT2D eigenvalue weighted by Gasteiger charge is 1.99. The van der Waals surface area contributed by atoms with E-state index in [1.807, 2.05) is 6.07 Å². The van der Waals surface area contributed by atoms with Crippen molar-refractivity contribution in [3.8, 4) is 0 Å². The van der Waals surface area contributed by atoms with Gasteiger partial charge in [-0.1, -0.05) is 19.9 Å². The molecule has 0 spiro atoms. The first-order chi connectivity index (χ1) is 8.61.